The van der Waals surface area contributed by atoms with Gasteiger partial charge in [-0.15, -0.1) is 0 Å². The van der Waals surface area contributed by atoms with E-state index in [0.29, 0.717) is 39.2 Å². The summed E-state index contributed by atoms with van der Waals surface area (Å²) in [4.78, 5) is 24.2. The van der Waals surface area contributed by atoms with Crippen molar-refractivity contribution >= 4 is 28.9 Å². The lowest BCUT2D eigenvalue weighted by molar-refractivity contribution is -0.141. The lowest BCUT2D eigenvalue weighted by Crippen LogP contribution is -2.41. The van der Waals surface area contributed by atoms with Gasteiger partial charge in [-0.25, -0.2) is 4.79 Å². The second-order valence-corrected chi connectivity index (χ2v) is 8.17. The van der Waals surface area contributed by atoms with Crippen molar-refractivity contribution < 1.29 is 44.3 Å². The summed E-state index contributed by atoms with van der Waals surface area (Å²) in [6.45, 7) is 0. The smallest absolute Gasteiger partial charge is 0.326 e. The molecule has 1 amide bonds. The SMILES string of the molecule is COc1ccc(/C=C/C(=O)N[C@H](Cc2ccc(O)c(O)c2)C(=O)O)c2cc(-c3ccc(O)c(O)c3)oc12. The Labute approximate surface area is 210 Å². The first-order chi connectivity index (χ1) is 17.7. The molecule has 1 aromatic heterocycles. The highest BCUT2D eigenvalue weighted by atomic mass is 16.5. The molecule has 0 spiro atoms. The Balaban J connectivity index is 1.58. The highest BCUT2D eigenvalue weighted by Crippen LogP contribution is 2.38. The predicted octanol–water partition coefficient (Wildman–Crippen LogP) is 3.76. The van der Waals surface area contributed by atoms with Crippen LogP contribution in [0.1, 0.15) is 11.1 Å². The normalized spacial score (nSPS) is 12.0. The zero-order valence-corrected chi connectivity index (χ0v) is 19.5. The van der Waals surface area contributed by atoms with Gasteiger partial charge in [-0.05, 0) is 59.7 Å². The minimum absolute atomic E-state index is 0.111. The van der Waals surface area contributed by atoms with Crippen LogP contribution in [0.15, 0.2) is 65.1 Å². The molecule has 0 saturated heterocycles. The van der Waals surface area contributed by atoms with Gasteiger partial charge in [-0.1, -0.05) is 12.1 Å². The number of nitrogens with one attached hydrogen (secondary N) is 1. The fourth-order valence-electron chi connectivity index (χ4n) is 3.76. The summed E-state index contributed by atoms with van der Waals surface area (Å²) in [5.74, 6) is -2.40. The molecular formula is C27H23NO9. The number of furan rings is 1. The van der Waals surface area contributed by atoms with Crippen LogP contribution in [0.3, 0.4) is 0 Å². The summed E-state index contributed by atoms with van der Waals surface area (Å²) in [5, 5.41) is 51.0. The molecule has 4 rings (SSSR count). The molecule has 4 aromatic rings. The van der Waals surface area contributed by atoms with Crippen LogP contribution in [0.25, 0.3) is 28.4 Å². The zero-order chi connectivity index (χ0) is 26.7. The number of rotatable bonds is 8. The van der Waals surface area contributed by atoms with Crippen LogP contribution >= 0.6 is 0 Å². The van der Waals surface area contributed by atoms with Crippen molar-refractivity contribution in [3.05, 3.63) is 71.8 Å². The minimum Gasteiger partial charge on any atom is -0.504 e. The minimum atomic E-state index is -1.28. The van der Waals surface area contributed by atoms with Crippen molar-refractivity contribution in [2.75, 3.05) is 7.11 Å². The number of phenolic OH excluding ortho intramolecular Hbond substituents is 4. The molecule has 37 heavy (non-hydrogen) atoms. The molecule has 0 saturated carbocycles. The first kappa shape index (κ1) is 25.0. The van der Waals surface area contributed by atoms with Crippen molar-refractivity contribution in [1.82, 2.24) is 5.32 Å². The number of carboxylic acid groups (broad SMARTS) is 1. The zero-order valence-electron chi connectivity index (χ0n) is 19.5. The molecular weight excluding hydrogens is 482 g/mol. The number of benzene rings is 3. The van der Waals surface area contributed by atoms with Gasteiger partial charge in [0.25, 0.3) is 0 Å². The lowest BCUT2D eigenvalue weighted by Gasteiger charge is -2.14. The third-order valence-corrected chi connectivity index (χ3v) is 5.67. The average Bonchev–Trinajstić information content (AvgIpc) is 3.32. The highest BCUT2D eigenvalue weighted by Gasteiger charge is 2.20. The van der Waals surface area contributed by atoms with E-state index in [1.807, 2.05) is 0 Å². The monoisotopic (exact) mass is 505 g/mol. The molecule has 10 heteroatoms. The van der Waals surface area contributed by atoms with E-state index in [4.69, 9.17) is 9.15 Å². The van der Waals surface area contributed by atoms with E-state index in [1.165, 1.54) is 49.6 Å². The molecule has 0 unspecified atom stereocenters. The van der Waals surface area contributed by atoms with Gasteiger partial charge in [-0.2, -0.15) is 0 Å². The molecule has 6 N–H and O–H groups in total. The number of carbonyl (C=O) groups is 2. The van der Waals surface area contributed by atoms with Gasteiger partial charge in [0, 0.05) is 23.4 Å². The molecule has 0 aliphatic heterocycles. The largest absolute Gasteiger partial charge is 0.504 e. The summed E-state index contributed by atoms with van der Waals surface area (Å²) < 4.78 is 11.3. The van der Waals surface area contributed by atoms with Gasteiger partial charge in [-0.3, -0.25) is 4.79 Å². The van der Waals surface area contributed by atoms with Crippen LogP contribution in [-0.2, 0) is 16.0 Å². The number of fused-ring (bicyclic) bond motifs is 1. The van der Waals surface area contributed by atoms with E-state index >= 15 is 0 Å². The maximum atomic E-state index is 12.5. The maximum absolute atomic E-state index is 12.5. The van der Waals surface area contributed by atoms with Crippen LogP contribution in [0.2, 0.25) is 0 Å². The standard InChI is InChI=1S/C27H23NO9/c1-36-23-8-4-15(17-13-24(37-26(17)23)16-3-7-20(30)22(32)12-16)5-9-25(33)28-18(27(34)35)10-14-2-6-19(29)21(31)11-14/h2-9,11-13,18,29-32H,10H2,1H3,(H,28,33)(H,34,35)/b9-5+/t18-/m1/s1. The van der Waals surface area contributed by atoms with E-state index < -0.39 is 23.7 Å². The number of carboxylic acids is 1. The number of ether oxygens (including phenoxy) is 1. The number of hydrogen-bond acceptors (Lipinski definition) is 8. The third kappa shape index (κ3) is 5.43. The molecule has 0 bridgehead atoms. The van der Waals surface area contributed by atoms with Gasteiger partial charge < -0.3 is 40.0 Å². The molecule has 1 atom stereocenters. The second-order valence-electron chi connectivity index (χ2n) is 8.17. The number of carbonyl (C=O) groups excluding carboxylic acids is 1. The van der Waals surface area contributed by atoms with Crippen LogP contribution in [0, 0.1) is 0 Å². The fourth-order valence-corrected chi connectivity index (χ4v) is 3.76. The molecule has 10 nitrogen and oxygen atoms in total. The van der Waals surface area contributed by atoms with Crippen LogP contribution in [-0.4, -0.2) is 50.6 Å². The van der Waals surface area contributed by atoms with Crippen molar-refractivity contribution in [3.8, 4) is 40.1 Å². The Hall–Kier alpha value is -5.12. The lowest BCUT2D eigenvalue weighted by atomic mass is 10.0. The number of amides is 1. The maximum Gasteiger partial charge on any atom is 0.326 e. The van der Waals surface area contributed by atoms with Crippen molar-refractivity contribution in [3.63, 3.8) is 0 Å². The summed E-state index contributed by atoms with van der Waals surface area (Å²) in [6.07, 6.45) is 2.57. The molecule has 0 fully saturated rings. The van der Waals surface area contributed by atoms with E-state index in [0.717, 1.165) is 0 Å². The quantitative estimate of drug-likeness (QED) is 0.154. The van der Waals surface area contributed by atoms with E-state index in [9.17, 15) is 35.1 Å². The molecule has 0 aliphatic rings. The number of phenols is 4. The fraction of sp³-hybridized carbons (Fsp3) is 0.111. The highest BCUT2D eigenvalue weighted by molar-refractivity contribution is 5.99. The van der Waals surface area contributed by atoms with Crippen LogP contribution in [0.4, 0.5) is 0 Å². The Bertz CT molecular complexity index is 1520. The predicted molar refractivity (Wildman–Crippen MR) is 134 cm³/mol. The van der Waals surface area contributed by atoms with Crippen molar-refractivity contribution in [2.24, 2.45) is 0 Å². The Kier molecular flexibility index (Phi) is 6.92. The van der Waals surface area contributed by atoms with E-state index in [1.54, 1.807) is 24.3 Å². The summed E-state index contributed by atoms with van der Waals surface area (Å²) in [7, 11) is 1.48. The van der Waals surface area contributed by atoms with Crippen molar-refractivity contribution in [1.29, 1.82) is 0 Å². The number of methoxy groups -OCH3 is 1. The molecule has 190 valence electrons. The Morgan fingerprint density at radius 2 is 1.65 bits per heavy atom. The van der Waals surface area contributed by atoms with Gasteiger partial charge in [0.2, 0.25) is 5.91 Å². The number of aliphatic carboxylic acids is 1. The third-order valence-electron chi connectivity index (χ3n) is 5.67. The molecule has 0 aliphatic carbocycles. The topological polar surface area (TPSA) is 170 Å². The van der Waals surface area contributed by atoms with Crippen molar-refractivity contribution in [2.45, 2.75) is 12.5 Å². The Morgan fingerprint density at radius 3 is 2.30 bits per heavy atom. The summed E-state index contributed by atoms with van der Waals surface area (Å²) >= 11 is 0. The average molecular weight is 505 g/mol. The molecule has 0 radical (unpaired) electrons. The van der Waals surface area contributed by atoms with Gasteiger partial charge >= 0.3 is 5.97 Å². The summed E-state index contributed by atoms with van der Waals surface area (Å²) in [6, 6.07) is 11.9. The Morgan fingerprint density at radius 1 is 0.946 bits per heavy atom. The van der Waals surface area contributed by atoms with Gasteiger partial charge in [0.1, 0.15) is 11.8 Å². The molecule has 3 aromatic carbocycles. The van der Waals surface area contributed by atoms with E-state index in [2.05, 4.69) is 5.32 Å². The number of hydrogen-bond donors (Lipinski definition) is 6. The molecule has 1 heterocycles. The van der Waals surface area contributed by atoms with Crippen LogP contribution in [0.5, 0.6) is 28.7 Å². The second kappa shape index (κ2) is 10.2. The summed E-state index contributed by atoms with van der Waals surface area (Å²) in [5.41, 5.74) is 1.89. The van der Waals surface area contributed by atoms with Gasteiger partial charge in [0.15, 0.2) is 34.3 Å². The first-order valence-corrected chi connectivity index (χ1v) is 11.0. The number of aromatic hydroxyl groups is 4. The van der Waals surface area contributed by atoms with Crippen LogP contribution < -0.4 is 10.1 Å². The van der Waals surface area contributed by atoms with Gasteiger partial charge in [0.05, 0.1) is 7.11 Å². The first-order valence-electron chi connectivity index (χ1n) is 11.0. The van der Waals surface area contributed by atoms with E-state index in [-0.39, 0.29) is 23.7 Å².